The Morgan fingerprint density at radius 1 is 1.16 bits per heavy atom. The molecular formula is C20H23N5O4S3. The number of ether oxygens (including phenoxy) is 1. The maximum atomic E-state index is 12.5. The second kappa shape index (κ2) is 10.3. The molecule has 12 heteroatoms. The summed E-state index contributed by atoms with van der Waals surface area (Å²) in [5.41, 5.74) is 2.40. The van der Waals surface area contributed by atoms with E-state index in [1.165, 1.54) is 56.4 Å². The summed E-state index contributed by atoms with van der Waals surface area (Å²) in [6.45, 7) is 2.01. The molecule has 1 amide bonds. The number of hydrogen-bond donors (Lipinski definition) is 2. The van der Waals surface area contributed by atoms with Gasteiger partial charge in [-0.3, -0.25) is 4.79 Å². The van der Waals surface area contributed by atoms with E-state index in [4.69, 9.17) is 4.74 Å². The number of hydrogen-bond acceptors (Lipinski definition) is 9. The van der Waals surface area contributed by atoms with E-state index in [-0.39, 0.29) is 22.3 Å². The minimum atomic E-state index is -3.73. The van der Waals surface area contributed by atoms with E-state index in [1.807, 2.05) is 31.2 Å². The van der Waals surface area contributed by atoms with Crippen molar-refractivity contribution in [2.45, 2.75) is 16.2 Å². The molecule has 9 nitrogen and oxygen atoms in total. The summed E-state index contributed by atoms with van der Waals surface area (Å²) < 4.78 is 31.9. The van der Waals surface area contributed by atoms with Crippen LogP contribution < -0.4 is 15.4 Å². The predicted octanol–water partition coefficient (Wildman–Crippen LogP) is 3.58. The molecular weight excluding hydrogens is 470 g/mol. The third-order valence-electron chi connectivity index (χ3n) is 4.21. The lowest BCUT2D eigenvalue weighted by molar-refractivity contribution is -0.113. The van der Waals surface area contributed by atoms with Gasteiger partial charge in [0.25, 0.3) is 0 Å². The summed E-state index contributed by atoms with van der Waals surface area (Å²) in [4.78, 5) is 12.4. The second-order valence-corrected chi connectivity index (χ2v) is 11.2. The monoisotopic (exact) mass is 493 g/mol. The number of nitrogens with zero attached hydrogens (tertiary/aromatic N) is 3. The van der Waals surface area contributed by atoms with Crippen molar-refractivity contribution < 1.29 is 17.9 Å². The van der Waals surface area contributed by atoms with Crippen LogP contribution >= 0.6 is 23.1 Å². The van der Waals surface area contributed by atoms with Gasteiger partial charge in [0.05, 0.1) is 12.9 Å². The van der Waals surface area contributed by atoms with Gasteiger partial charge in [-0.15, -0.1) is 10.2 Å². The van der Waals surface area contributed by atoms with Crippen LogP contribution in [0, 0.1) is 6.92 Å². The summed E-state index contributed by atoms with van der Waals surface area (Å²) in [5.74, 6) is 0.00580. The fourth-order valence-electron chi connectivity index (χ4n) is 2.64. The first kappa shape index (κ1) is 24.0. The van der Waals surface area contributed by atoms with Gasteiger partial charge < -0.3 is 15.4 Å². The zero-order valence-electron chi connectivity index (χ0n) is 17.9. The number of aryl methyl sites for hydroxylation is 1. The van der Waals surface area contributed by atoms with E-state index >= 15 is 0 Å². The molecule has 0 fully saturated rings. The molecule has 0 atom stereocenters. The minimum absolute atomic E-state index is 0.0218. The molecule has 2 N–H and O–H groups in total. The van der Waals surface area contributed by atoms with E-state index < -0.39 is 10.0 Å². The summed E-state index contributed by atoms with van der Waals surface area (Å²) in [7, 11) is 0.524. The number of rotatable bonds is 9. The van der Waals surface area contributed by atoms with Crippen LogP contribution in [0.15, 0.2) is 51.7 Å². The molecule has 3 aromatic rings. The van der Waals surface area contributed by atoms with Crippen molar-refractivity contribution >= 4 is 55.5 Å². The van der Waals surface area contributed by atoms with Crippen molar-refractivity contribution in [3.8, 4) is 5.75 Å². The van der Waals surface area contributed by atoms with Gasteiger partial charge in [-0.25, -0.2) is 12.7 Å². The number of benzene rings is 2. The molecule has 0 saturated carbocycles. The lowest BCUT2D eigenvalue weighted by Gasteiger charge is -2.15. The molecule has 0 unspecified atom stereocenters. The number of aromatic nitrogens is 2. The predicted molar refractivity (Wildman–Crippen MR) is 128 cm³/mol. The number of sulfonamides is 1. The Balaban J connectivity index is 1.61. The standard InChI is InChI=1S/C20H23N5O4S3/c1-13-6-5-7-14(10-13)22-19-23-24-20(31-19)30-12-18(26)21-15-8-9-16(29-4)17(11-15)32(27,28)25(2)3/h5-11H,12H2,1-4H3,(H,21,26)(H,22,23). The highest BCUT2D eigenvalue weighted by Crippen LogP contribution is 2.30. The first-order chi connectivity index (χ1) is 15.2. The zero-order valence-corrected chi connectivity index (χ0v) is 20.4. The van der Waals surface area contributed by atoms with Crippen molar-refractivity contribution in [1.82, 2.24) is 14.5 Å². The molecule has 2 aromatic carbocycles. The smallest absolute Gasteiger partial charge is 0.246 e. The Hall–Kier alpha value is -2.67. The number of nitrogens with one attached hydrogen (secondary N) is 2. The SMILES string of the molecule is COc1ccc(NC(=O)CSc2nnc(Nc3cccc(C)c3)s2)cc1S(=O)(=O)N(C)C. The Morgan fingerprint density at radius 3 is 2.62 bits per heavy atom. The van der Waals surface area contributed by atoms with Crippen LogP contribution in [0.25, 0.3) is 0 Å². The van der Waals surface area contributed by atoms with Crippen molar-refractivity contribution in [2.75, 3.05) is 37.6 Å². The van der Waals surface area contributed by atoms with Crippen molar-refractivity contribution in [3.05, 3.63) is 48.0 Å². The van der Waals surface area contributed by atoms with Gasteiger partial charge in [0.15, 0.2) is 4.34 Å². The maximum absolute atomic E-state index is 12.5. The summed E-state index contributed by atoms with van der Waals surface area (Å²) in [6, 6.07) is 12.4. The van der Waals surface area contributed by atoms with Gasteiger partial charge in [-0.1, -0.05) is 35.2 Å². The van der Waals surface area contributed by atoms with E-state index in [1.54, 1.807) is 6.07 Å². The van der Waals surface area contributed by atoms with Gasteiger partial charge in [-0.05, 0) is 42.8 Å². The molecule has 1 aromatic heterocycles. The van der Waals surface area contributed by atoms with Crippen LogP contribution in [0.2, 0.25) is 0 Å². The number of thioether (sulfide) groups is 1. The van der Waals surface area contributed by atoms with Crippen LogP contribution in [-0.2, 0) is 14.8 Å². The Bertz CT molecular complexity index is 1210. The summed E-state index contributed by atoms with van der Waals surface area (Å²) in [6.07, 6.45) is 0. The molecule has 0 aliphatic heterocycles. The molecule has 0 spiro atoms. The largest absolute Gasteiger partial charge is 0.495 e. The molecule has 0 bridgehead atoms. The van der Waals surface area contributed by atoms with Gasteiger partial charge >= 0.3 is 0 Å². The first-order valence-corrected chi connectivity index (χ1v) is 12.6. The number of carbonyl (C=O) groups excluding carboxylic acids is 1. The highest BCUT2D eigenvalue weighted by atomic mass is 32.2. The van der Waals surface area contributed by atoms with Crippen LogP contribution in [0.5, 0.6) is 5.75 Å². The number of amides is 1. The Morgan fingerprint density at radius 2 is 1.94 bits per heavy atom. The van der Waals surface area contributed by atoms with E-state index in [0.29, 0.717) is 15.2 Å². The molecule has 0 radical (unpaired) electrons. The molecule has 3 rings (SSSR count). The van der Waals surface area contributed by atoms with Gasteiger partial charge in [-0.2, -0.15) is 0 Å². The maximum Gasteiger partial charge on any atom is 0.246 e. The van der Waals surface area contributed by atoms with Crippen molar-refractivity contribution in [3.63, 3.8) is 0 Å². The Labute approximate surface area is 195 Å². The van der Waals surface area contributed by atoms with E-state index in [0.717, 1.165) is 15.6 Å². The first-order valence-electron chi connectivity index (χ1n) is 9.39. The summed E-state index contributed by atoms with van der Waals surface area (Å²) in [5, 5.41) is 14.7. The lowest BCUT2D eigenvalue weighted by Crippen LogP contribution is -2.23. The zero-order chi connectivity index (χ0) is 23.3. The van der Waals surface area contributed by atoms with Gasteiger partial charge in [0.1, 0.15) is 10.6 Å². The summed E-state index contributed by atoms with van der Waals surface area (Å²) >= 11 is 2.59. The van der Waals surface area contributed by atoms with Crippen LogP contribution in [-0.4, -0.2) is 55.8 Å². The fourth-order valence-corrected chi connectivity index (χ4v) is 5.29. The minimum Gasteiger partial charge on any atom is -0.495 e. The van der Waals surface area contributed by atoms with Crippen molar-refractivity contribution in [2.24, 2.45) is 0 Å². The average Bonchev–Trinajstić information content (AvgIpc) is 3.19. The molecule has 0 aliphatic carbocycles. The highest BCUT2D eigenvalue weighted by molar-refractivity contribution is 8.01. The normalized spacial score (nSPS) is 11.4. The van der Waals surface area contributed by atoms with E-state index in [9.17, 15) is 13.2 Å². The third kappa shape index (κ3) is 5.97. The number of anilines is 3. The Kier molecular flexibility index (Phi) is 7.72. The highest BCUT2D eigenvalue weighted by Gasteiger charge is 2.23. The number of carbonyl (C=O) groups is 1. The third-order valence-corrected chi connectivity index (χ3v) is 8.02. The van der Waals surface area contributed by atoms with Crippen LogP contribution in [0.4, 0.5) is 16.5 Å². The van der Waals surface area contributed by atoms with Gasteiger partial charge in [0, 0.05) is 25.5 Å². The molecule has 32 heavy (non-hydrogen) atoms. The lowest BCUT2D eigenvalue weighted by atomic mass is 10.2. The molecule has 1 heterocycles. The average molecular weight is 494 g/mol. The quantitative estimate of drug-likeness (QED) is 0.435. The van der Waals surface area contributed by atoms with Gasteiger partial charge in [0.2, 0.25) is 21.1 Å². The molecule has 0 aliphatic rings. The fraction of sp³-hybridized carbons (Fsp3) is 0.250. The van der Waals surface area contributed by atoms with E-state index in [2.05, 4.69) is 20.8 Å². The molecule has 170 valence electrons. The topological polar surface area (TPSA) is 114 Å². The number of methoxy groups -OCH3 is 1. The van der Waals surface area contributed by atoms with Crippen LogP contribution in [0.3, 0.4) is 0 Å². The molecule has 0 saturated heterocycles. The van der Waals surface area contributed by atoms with Crippen molar-refractivity contribution in [1.29, 1.82) is 0 Å². The second-order valence-electron chi connectivity index (χ2n) is 6.86. The van der Waals surface area contributed by atoms with Crippen LogP contribution in [0.1, 0.15) is 5.56 Å².